The minimum atomic E-state index is -2.96. The summed E-state index contributed by atoms with van der Waals surface area (Å²) in [5, 5.41) is 0.0890. The summed E-state index contributed by atoms with van der Waals surface area (Å²) in [5.41, 5.74) is 0.888. The second-order valence-electron chi connectivity index (χ2n) is 4.84. The summed E-state index contributed by atoms with van der Waals surface area (Å²) in [4.78, 5) is 10.6. The number of rotatable bonds is 2. The van der Waals surface area contributed by atoms with Gasteiger partial charge >= 0.3 is 0 Å². The molecule has 1 atom stereocenters. The Morgan fingerprint density at radius 3 is 2.68 bits per heavy atom. The largest absolute Gasteiger partial charge is 0.354 e. The summed E-state index contributed by atoms with van der Waals surface area (Å²) < 4.78 is 23.5. The molecule has 1 fully saturated rings. The maximum atomic E-state index is 11.8. The van der Waals surface area contributed by atoms with Crippen LogP contribution in [0.4, 0.5) is 5.82 Å². The van der Waals surface area contributed by atoms with Gasteiger partial charge in [-0.3, -0.25) is 0 Å². The number of hydrogen-bond acceptors (Lipinski definition) is 5. The van der Waals surface area contributed by atoms with Gasteiger partial charge in [0.05, 0.1) is 11.0 Å². The summed E-state index contributed by atoms with van der Waals surface area (Å²) in [6.07, 6.45) is 0.728. The first kappa shape index (κ1) is 14.5. The van der Waals surface area contributed by atoms with Crippen LogP contribution < -0.4 is 4.90 Å². The Kier molecular flexibility index (Phi) is 4.01. The lowest BCUT2D eigenvalue weighted by molar-refractivity contribution is 0.568. The molecule has 0 radical (unpaired) electrons. The zero-order valence-corrected chi connectivity index (χ0v) is 12.9. The molecule has 0 aliphatic carbocycles. The Labute approximate surface area is 118 Å². The summed E-state index contributed by atoms with van der Waals surface area (Å²) in [7, 11) is -2.96. The molecule has 1 unspecified atom stereocenters. The van der Waals surface area contributed by atoms with Crippen LogP contribution >= 0.6 is 11.6 Å². The van der Waals surface area contributed by atoms with Gasteiger partial charge in [-0.25, -0.2) is 18.4 Å². The number of nitrogens with zero attached hydrogens (tertiary/aromatic N) is 3. The van der Waals surface area contributed by atoms with Gasteiger partial charge in [-0.15, -0.1) is 0 Å². The van der Waals surface area contributed by atoms with Crippen molar-refractivity contribution >= 4 is 27.3 Å². The fourth-order valence-electron chi connectivity index (χ4n) is 2.26. The summed E-state index contributed by atoms with van der Waals surface area (Å²) >= 11 is 6.15. The van der Waals surface area contributed by atoms with E-state index in [2.05, 4.69) is 9.97 Å². The molecule has 1 saturated heterocycles. The normalized spacial score (nSPS) is 22.5. The average Bonchev–Trinajstić information content (AvgIpc) is 2.32. The first-order chi connectivity index (χ1) is 8.85. The number of sulfone groups is 1. The van der Waals surface area contributed by atoms with Gasteiger partial charge in [-0.1, -0.05) is 18.5 Å². The fraction of sp³-hybridized carbons (Fsp3) is 0.667. The number of halogens is 1. The van der Waals surface area contributed by atoms with Crippen LogP contribution in [0.5, 0.6) is 0 Å². The monoisotopic (exact) mass is 303 g/mol. The van der Waals surface area contributed by atoms with Crippen molar-refractivity contribution in [3.8, 4) is 0 Å². The molecule has 1 aromatic rings. The number of anilines is 1. The van der Waals surface area contributed by atoms with E-state index in [1.54, 1.807) is 13.8 Å². The maximum Gasteiger partial charge on any atom is 0.156 e. The van der Waals surface area contributed by atoms with Crippen molar-refractivity contribution in [2.24, 2.45) is 0 Å². The lowest BCUT2D eigenvalue weighted by Gasteiger charge is -2.33. The molecule has 19 heavy (non-hydrogen) atoms. The first-order valence-electron chi connectivity index (χ1n) is 6.34. The summed E-state index contributed by atoms with van der Waals surface area (Å²) in [6.45, 7) is 6.45. The highest BCUT2D eigenvalue weighted by Crippen LogP contribution is 2.27. The molecule has 0 bridgehead atoms. The van der Waals surface area contributed by atoms with Crippen LogP contribution in [0.25, 0.3) is 0 Å². The van der Waals surface area contributed by atoms with Crippen molar-refractivity contribution in [2.45, 2.75) is 32.4 Å². The van der Waals surface area contributed by atoms with E-state index >= 15 is 0 Å². The van der Waals surface area contributed by atoms with E-state index in [1.807, 2.05) is 11.8 Å². The second-order valence-corrected chi connectivity index (χ2v) is 7.74. The first-order valence-corrected chi connectivity index (χ1v) is 8.44. The molecule has 7 heteroatoms. The molecule has 0 spiro atoms. The van der Waals surface area contributed by atoms with E-state index in [1.165, 1.54) is 0 Å². The van der Waals surface area contributed by atoms with E-state index in [-0.39, 0.29) is 11.0 Å². The van der Waals surface area contributed by atoms with Crippen LogP contribution in [0.2, 0.25) is 5.15 Å². The highest BCUT2D eigenvalue weighted by Gasteiger charge is 2.31. The lowest BCUT2D eigenvalue weighted by atomic mass is 10.2. The Balaban J connectivity index is 2.38. The van der Waals surface area contributed by atoms with Gasteiger partial charge in [0.25, 0.3) is 0 Å². The van der Waals surface area contributed by atoms with E-state index in [0.29, 0.717) is 24.1 Å². The third-order valence-corrected chi connectivity index (χ3v) is 5.88. The quantitative estimate of drug-likeness (QED) is 0.777. The van der Waals surface area contributed by atoms with Gasteiger partial charge in [0, 0.05) is 18.7 Å². The Bertz CT molecular complexity index is 589. The molecule has 0 saturated carbocycles. The molecule has 0 amide bonds. The van der Waals surface area contributed by atoms with E-state index < -0.39 is 9.84 Å². The van der Waals surface area contributed by atoms with Crippen LogP contribution in [0, 0.1) is 6.92 Å². The molecule has 5 nitrogen and oxygen atoms in total. The highest BCUT2D eigenvalue weighted by atomic mass is 35.5. The van der Waals surface area contributed by atoms with Gasteiger partial charge in [0.1, 0.15) is 16.8 Å². The lowest BCUT2D eigenvalue weighted by Crippen LogP contribution is -2.46. The Morgan fingerprint density at radius 2 is 2.11 bits per heavy atom. The van der Waals surface area contributed by atoms with Crippen LogP contribution in [0.3, 0.4) is 0 Å². The Morgan fingerprint density at radius 1 is 1.42 bits per heavy atom. The van der Waals surface area contributed by atoms with Crippen molar-refractivity contribution in [2.75, 3.05) is 23.7 Å². The van der Waals surface area contributed by atoms with Crippen molar-refractivity contribution in [1.29, 1.82) is 0 Å². The third-order valence-electron chi connectivity index (χ3n) is 3.44. The van der Waals surface area contributed by atoms with Crippen molar-refractivity contribution in [3.05, 3.63) is 16.5 Å². The van der Waals surface area contributed by atoms with Crippen LogP contribution in [-0.4, -0.2) is 42.5 Å². The number of hydrogen-bond donors (Lipinski definition) is 0. The Hall–Kier alpha value is -0.880. The number of aryl methyl sites for hydroxylation is 1. The molecule has 106 valence electrons. The minimum Gasteiger partial charge on any atom is -0.354 e. The molecule has 2 rings (SSSR count). The zero-order chi connectivity index (χ0) is 14.2. The molecule has 0 aromatic carbocycles. The molecule has 0 N–H and O–H groups in total. The second kappa shape index (κ2) is 5.25. The standard InChI is InChI=1S/C12H18ClN3O2S/c1-4-10-11(13)14-9(3)15-12(10)16-5-6-19(17,18)8(2)7-16/h8H,4-7H2,1-3H3. The fourth-order valence-corrected chi connectivity index (χ4v) is 3.88. The average molecular weight is 304 g/mol. The molecule has 1 aliphatic heterocycles. The number of aromatic nitrogens is 2. The summed E-state index contributed by atoms with van der Waals surface area (Å²) in [6, 6.07) is 0. The molecule has 1 aliphatic rings. The summed E-state index contributed by atoms with van der Waals surface area (Å²) in [5.74, 6) is 1.55. The van der Waals surface area contributed by atoms with Crippen LogP contribution in [0.15, 0.2) is 0 Å². The van der Waals surface area contributed by atoms with Gasteiger partial charge in [-0.2, -0.15) is 0 Å². The molecular formula is C12H18ClN3O2S. The zero-order valence-electron chi connectivity index (χ0n) is 11.4. The van der Waals surface area contributed by atoms with E-state index in [9.17, 15) is 8.42 Å². The predicted molar refractivity (Wildman–Crippen MR) is 76.6 cm³/mol. The van der Waals surface area contributed by atoms with Crippen molar-refractivity contribution in [1.82, 2.24) is 9.97 Å². The van der Waals surface area contributed by atoms with Crippen LogP contribution in [-0.2, 0) is 16.3 Å². The third kappa shape index (κ3) is 2.84. The molecule has 2 heterocycles. The SMILES string of the molecule is CCc1c(Cl)nc(C)nc1N1CCS(=O)(=O)C(C)C1. The van der Waals surface area contributed by atoms with E-state index in [0.717, 1.165) is 17.8 Å². The minimum absolute atomic E-state index is 0.165. The topological polar surface area (TPSA) is 63.2 Å². The van der Waals surface area contributed by atoms with Crippen molar-refractivity contribution in [3.63, 3.8) is 0 Å². The van der Waals surface area contributed by atoms with Gasteiger partial charge in [0.2, 0.25) is 0 Å². The van der Waals surface area contributed by atoms with Crippen molar-refractivity contribution < 1.29 is 8.42 Å². The van der Waals surface area contributed by atoms with Gasteiger partial charge < -0.3 is 4.90 Å². The highest BCUT2D eigenvalue weighted by molar-refractivity contribution is 7.92. The smallest absolute Gasteiger partial charge is 0.156 e. The van der Waals surface area contributed by atoms with Gasteiger partial charge in [0.15, 0.2) is 9.84 Å². The molecular weight excluding hydrogens is 286 g/mol. The molecule has 1 aromatic heterocycles. The maximum absolute atomic E-state index is 11.8. The van der Waals surface area contributed by atoms with Crippen LogP contribution in [0.1, 0.15) is 25.2 Å². The van der Waals surface area contributed by atoms with Gasteiger partial charge in [-0.05, 0) is 20.3 Å². The predicted octanol–water partition coefficient (Wildman–Crippen LogP) is 1.62. The van der Waals surface area contributed by atoms with E-state index in [4.69, 9.17) is 11.6 Å².